The molecule has 5 atom stereocenters. The highest BCUT2D eigenvalue weighted by molar-refractivity contribution is 5.34. The average Bonchev–Trinajstić information content (AvgIpc) is 2.77. The van der Waals surface area contributed by atoms with Crippen LogP contribution in [0.1, 0.15) is 43.4 Å². The Bertz CT molecular complexity index is 459. The van der Waals surface area contributed by atoms with Crippen LogP contribution >= 0.6 is 0 Å². The number of hydrogen-bond acceptors (Lipinski definition) is 3. The summed E-state index contributed by atoms with van der Waals surface area (Å²) < 4.78 is 11.7. The summed E-state index contributed by atoms with van der Waals surface area (Å²) in [4.78, 5) is 0. The zero-order valence-corrected chi connectivity index (χ0v) is 12.3. The first-order valence-electron chi connectivity index (χ1n) is 7.63. The molecule has 1 fully saturated rings. The Balaban J connectivity index is 1.69. The van der Waals surface area contributed by atoms with Gasteiger partial charge in [0.15, 0.2) is 0 Å². The fourth-order valence-electron chi connectivity index (χ4n) is 3.63. The van der Waals surface area contributed by atoms with Crippen LogP contribution in [0, 0.1) is 5.92 Å². The molecule has 1 aromatic carbocycles. The molecule has 2 aliphatic carbocycles. The van der Waals surface area contributed by atoms with E-state index in [9.17, 15) is 5.11 Å². The van der Waals surface area contributed by atoms with Crippen molar-refractivity contribution in [1.29, 1.82) is 0 Å². The van der Waals surface area contributed by atoms with E-state index in [-0.39, 0.29) is 24.4 Å². The van der Waals surface area contributed by atoms with Crippen LogP contribution in [0.4, 0.5) is 0 Å². The Kier molecular flexibility index (Phi) is 4.11. The molecule has 0 bridgehead atoms. The number of hydrogen-bond donors (Lipinski definition) is 1. The SMILES string of the molecule is COC1CC(OC2c3ccccc3CC2C)CCC1O. The van der Waals surface area contributed by atoms with Crippen molar-refractivity contribution in [3.8, 4) is 0 Å². The van der Waals surface area contributed by atoms with Gasteiger partial charge in [0.1, 0.15) is 0 Å². The Labute approximate surface area is 120 Å². The summed E-state index contributed by atoms with van der Waals surface area (Å²) in [6.07, 6.45) is 3.56. The summed E-state index contributed by atoms with van der Waals surface area (Å²) in [5.41, 5.74) is 2.77. The van der Waals surface area contributed by atoms with Gasteiger partial charge in [-0.05, 0) is 36.3 Å². The fourth-order valence-corrected chi connectivity index (χ4v) is 3.63. The second-order valence-corrected chi connectivity index (χ2v) is 6.21. The molecule has 1 aromatic rings. The minimum atomic E-state index is -0.340. The predicted molar refractivity (Wildman–Crippen MR) is 77.6 cm³/mol. The van der Waals surface area contributed by atoms with Crippen molar-refractivity contribution in [1.82, 2.24) is 0 Å². The van der Waals surface area contributed by atoms with Crippen molar-refractivity contribution in [3.05, 3.63) is 35.4 Å². The summed E-state index contributed by atoms with van der Waals surface area (Å²) in [6.45, 7) is 2.26. The van der Waals surface area contributed by atoms with Crippen LogP contribution in [0.2, 0.25) is 0 Å². The lowest BCUT2D eigenvalue weighted by Gasteiger charge is -2.34. The molecule has 0 saturated heterocycles. The monoisotopic (exact) mass is 276 g/mol. The first kappa shape index (κ1) is 14.1. The quantitative estimate of drug-likeness (QED) is 0.922. The van der Waals surface area contributed by atoms with Crippen molar-refractivity contribution >= 4 is 0 Å². The van der Waals surface area contributed by atoms with Crippen molar-refractivity contribution in [2.75, 3.05) is 7.11 Å². The lowest BCUT2D eigenvalue weighted by molar-refractivity contribution is -0.115. The van der Waals surface area contributed by atoms with Crippen LogP contribution in [0.3, 0.4) is 0 Å². The van der Waals surface area contributed by atoms with Gasteiger partial charge in [-0.2, -0.15) is 0 Å². The molecule has 0 radical (unpaired) electrons. The molecular weight excluding hydrogens is 252 g/mol. The standard InChI is InChI=1S/C17H24O3/c1-11-9-12-5-3-4-6-14(12)17(11)20-13-7-8-15(18)16(10-13)19-2/h3-6,11,13,15-18H,7-10H2,1-2H3. The molecule has 3 nitrogen and oxygen atoms in total. The van der Waals surface area contributed by atoms with Crippen LogP contribution < -0.4 is 0 Å². The Morgan fingerprint density at radius 3 is 2.80 bits per heavy atom. The highest BCUT2D eigenvalue weighted by atomic mass is 16.5. The summed E-state index contributed by atoms with van der Waals surface area (Å²) >= 11 is 0. The van der Waals surface area contributed by atoms with Gasteiger partial charge >= 0.3 is 0 Å². The Morgan fingerprint density at radius 2 is 2.00 bits per heavy atom. The number of benzene rings is 1. The minimum Gasteiger partial charge on any atom is -0.390 e. The van der Waals surface area contributed by atoms with E-state index in [0.29, 0.717) is 5.92 Å². The molecule has 0 spiro atoms. The number of ether oxygens (including phenoxy) is 2. The van der Waals surface area contributed by atoms with Gasteiger partial charge in [0, 0.05) is 13.5 Å². The van der Waals surface area contributed by atoms with Gasteiger partial charge in [-0.1, -0.05) is 31.2 Å². The van der Waals surface area contributed by atoms with Gasteiger partial charge in [-0.25, -0.2) is 0 Å². The van der Waals surface area contributed by atoms with Crippen molar-refractivity contribution in [2.24, 2.45) is 5.92 Å². The molecule has 2 aliphatic rings. The van der Waals surface area contributed by atoms with E-state index in [4.69, 9.17) is 9.47 Å². The molecular formula is C17H24O3. The third kappa shape index (κ3) is 2.62. The second kappa shape index (κ2) is 5.84. The van der Waals surface area contributed by atoms with Crippen LogP contribution in [-0.4, -0.2) is 30.5 Å². The molecule has 20 heavy (non-hydrogen) atoms. The molecule has 1 saturated carbocycles. The molecule has 0 amide bonds. The van der Waals surface area contributed by atoms with E-state index in [0.717, 1.165) is 25.7 Å². The smallest absolute Gasteiger partial charge is 0.0860 e. The van der Waals surface area contributed by atoms with Crippen molar-refractivity contribution in [2.45, 2.75) is 57.0 Å². The van der Waals surface area contributed by atoms with E-state index in [1.54, 1.807) is 7.11 Å². The maximum absolute atomic E-state index is 9.88. The molecule has 0 aromatic heterocycles. The van der Waals surface area contributed by atoms with Gasteiger partial charge in [-0.15, -0.1) is 0 Å². The number of aliphatic hydroxyl groups is 1. The third-order valence-corrected chi connectivity index (χ3v) is 4.77. The van der Waals surface area contributed by atoms with Gasteiger partial charge in [0.05, 0.1) is 24.4 Å². The van der Waals surface area contributed by atoms with E-state index in [1.165, 1.54) is 11.1 Å². The molecule has 110 valence electrons. The largest absolute Gasteiger partial charge is 0.390 e. The van der Waals surface area contributed by atoms with Crippen molar-refractivity contribution < 1.29 is 14.6 Å². The van der Waals surface area contributed by atoms with Gasteiger partial charge in [-0.3, -0.25) is 0 Å². The lowest BCUT2D eigenvalue weighted by atomic mass is 9.91. The van der Waals surface area contributed by atoms with E-state index < -0.39 is 0 Å². The van der Waals surface area contributed by atoms with Crippen molar-refractivity contribution in [3.63, 3.8) is 0 Å². The van der Waals surface area contributed by atoms with Crippen LogP contribution in [0.5, 0.6) is 0 Å². The summed E-state index contributed by atoms with van der Waals surface area (Å²) in [6, 6.07) is 8.59. The number of aliphatic hydroxyl groups excluding tert-OH is 1. The summed E-state index contributed by atoms with van der Waals surface area (Å²) in [5.74, 6) is 0.528. The third-order valence-electron chi connectivity index (χ3n) is 4.77. The highest BCUT2D eigenvalue weighted by Gasteiger charge is 2.35. The zero-order valence-electron chi connectivity index (χ0n) is 12.3. The Morgan fingerprint density at radius 1 is 1.20 bits per heavy atom. The van der Waals surface area contributed by atoms with E-state index >= 15 is 0 Å². The first-order valence-corrected chi connectivity index (χ1v) is 7.63. The number of methoxy groups -OCH3 is 1. The highest BCUT2D eigenvalue weighted by Crippen LogP contribution is 2.40. The molecule has 3 rings (SSSR count). The van der Waals surface area contributed by atoms with Crippen LogP contribution in [-0.2, 0) is 15.9 Å². The summed E-state index contributed by atoms with van der Waals surface area (Å²) in [7, 11) is 1.67. The predicted octanol–water partition coefficient (Wildman–Crippen LogP) is 2.86. The fraction of sp³-hybridized carbons (Fsp3) is 0.647. The van der Waals surface area contributed by atoms with Crippen LogP contribution in [0.15, 0.2) is 24.3 Å². The molecule has 0 aliphatic heterocycles. The number of fused-ring (bicyclic) bond motifs is 1. The van der Waals surface area contributed by atoms with E-state index in [2.05, 4.69) is 31.2 Å². The molecule has 3 heteroatoms. The maximum Gasteiger partial charge on any atom is 0.0860 e. The Hall–Kier alpha value is -0.900. The van der Waals surface area contributed by atoms with Crippen LogP contribution in [0.25, 0.3) is 0 Å². The average molecular weight is 276 g/mol. The van der Waals surface area contributed by atoms with Gasteiger partial charge in [0.2, 0.25) is 0 Å². The second-order valence-electron chi connectivity index (χ2n) is 6.21. The lowest BCUT2D eigenvalue weighted by Crippen LogP contribution is -2.39. The van der Waals surface area contributed by atoms with E-state index in [1.807, 2.05) is 0 Å². The maximum atomic E-state index is 9.88. The molecule has 5 unspecified atom stereocenters. The number of rotatable bonds is 3. The first-order chi connectivity index (χ1) is 9.69. The molecule has 1 N–H and O–H groups in total. The van der Waals surface area contributed by atoms with Gasteiger partial charge < -0.3 is 14.6 Å². The topological polar surface area (TPSA) is 38.7 Å². The normalized spacial score (nSPS) is 36.9. The zero-order chi connectivity index (χ0) is 14.1. The summed E-state index contributed by atoms with van der Waals surface area (Å²) in [5, 5.41) is 9.88. The molecule has 0 heterocycles. The minimum absolute atomic E-state index is 0.0827. The van der Waals surface area contributed by atoms with Gasteiger partial charge in [0.25, 0.3) is 0 Å².